The van der Waals surface area contributed by atoms with Gasteiger partial charge in [0.25, 0.3) is 0 Å². The van der Waals surface area contributed by atoms with E-state index in [1.54, 1.807) is 0 Å². The predicted molar refractivity (Wildman–Crippen MR) is 212 cm³/mol. The van der Waals surface area contributed by atoms with E-state index in [2.05, 4.69) is 154 Å². The molecule has 0 radical (unpaired) electrons. The average Bonchev–Trinajstić information content (AvgIpc) is 3.64. The zero-order valence-electron chi connectivity index (χ0n) is 30.6. The minimum absolute atomic E-state index is 0.108. The van der Waals surface area contributed by atoms with Gasteiger partial charge in [-0.25, -0.2) is 0 Å². The van der Waals surface area contributed by atoms with E-state index in [1.807, 2.05) is 24.7 Å². The van der Waals surface area contributed by atoms with Gasteiger partial charge in [0.1, 0.15) is 0 Å². The molecular weight excluding hydrogens is 609 g/mol. The summed E-state index contributed by atoms with van der Waals surface area (Å²) in [5.74, 6) is 0. The summed E-state index contributed by atoms with van der Waals surface area (Å²) in [6.07, 6.45) is 8.00. The van der Waals surface area contributed by atoms with Gasteiger partial charge in [0, 0.05) is 46.1 Å². The van der Waals surface area contributed by atoms with Crippen molar-refractivity contribution in [3.05, 3.63) is 132 Å². The highest BCUT2D eigenvalue weighted by atomic mass is 15.0. The number of nitrogens with zero attached hydrogens (tertiary/aromatic N) is 4. The highest BCUT2D eigenvalue weighted by Gasteiger charge is 2.23. The maximum atomic E-state index is 4.86. The van der Waals surface area contributed by atoms with Crippen LogP contribution in [0.15, 0.2) is 110 Å². The van der Waals surface area contributed by atoms with Crippen LogP contribution in [0, 0.1) is 13.8 Å². The predicted octanol–water partition coefficient (Wildman–Crippen LogP) is 12.3. The van der Waals surface area contributed by atoms with Crippen molar-refractivity contribution in [1.82, 2.24) is 19.1 Å². The Labute approximate surface area is 295 Å². The van der Waals surface area contributed by atoms with Gasteiger partial charge in [0.2, 0.25) is 0 Å². The first-order chi connectivity index (χ1) is 24.0. The molecule has 0 spiro atoms. The molecule has 0 amide bonds. The first kappa shape index (κ1) is 32.0. The largest absolute Gasteiger partial charge is 0.309 e. The molecule has 0 saturated carbocycles. The maximum absolute atomic E-state index is 4.86. The monoisotopic (exact) mass is 654 g/mol. The van der Waals surface area contributed by atoms with Crippen LogP contribution in [0.4, 0.5) is 0 Å². The van der Waals surface area contributed by atoms with Crippen molar-refractivity contribution >= 4 is 43.7 Å². The van der Waals surface area contributed by atoms with Crippen LogP contribution >= 0.6 is 0 Å². The normalized spacial score (nSPS) is 12.6. The van der Waals surface area contributed by atoms with Crippen molar-refractivity contribution in [2.45, 2.75) is 79.1 Å². The van der Waals surface area contributed by atoms with Gasteiger partial charge in [-0.2, -0.15) is 0 Å². The summed E-state index contributed by atoms with van der Waals surface area (Å²) in [5, 5.41) is 3.65. The van der Waals surface area contributed by atoms with E-state index in [0.29, 0.717) is 0 Å². The van der Waals surface area contributed by atoms with Gasteiger partial charge in [0.05, 0.1) is 27.6 Å². The summed E-state index contributed by atoms with van der Waals surface area (Å²) in [5.41, 5.74) is 16.0. The molecule has 0 unspecified atom stereocenters. The van der Waals surface area contributed by atoms with Gasteiger partial charge < -0.3 is 9.13 Å². The Morgan fingerprint density at radius 3 is 1.66 bits per heavy atom. The van der Waals surface area contributed by atoms with Crippen LogP contribution in [-0.4, -0.2) is 19.1 Å². The summed E-state index contributed by atoms with van der Waals surface area (Å²) in [6.45, 7) is 18.3. The van der Waals surface area contributed by atoms with Crippen molar-refractivity contribution in [2.75, 3.05) is 0 Å². The molecule has 4 nitrogen and oxygen atoms in total. The number of aromatic nitrogens is 4. The van der Waals surface area contributed by atoms with Crippen LogP contribution in [0.1, 0.15) is 76.6 Å². The summed E-state index contributed by atoms with van der Waals surface area (Å²) >= 11 is 0. The lowest BCUT2D eigenvalue weighted by Gasteiger charge is -2.23. The lowest BCUT2D eigenvalue weighted by atomic mass is 9.82. The van der Waals surface area contributed by atoms with E-state index in [0.717, 1.165) is 35.2 Å². The van der Waals surface area contributed by atoms with E-state index >= 15 is 0 Å². The smallest absolute Gasteiger partial charge is 0.0963 e. The molecule has 0 atom stereocenters. The van der Waals surface area contributed by atoms with Crippen molar-refractivity contribution < 1.29 is 0 Å². The fraction of sp³-hybridized carbons (Fsp3) is 0.261. The number of fused-ring (bicyclic) bond motifs is 6. The third-order valence-electron chi connectivity index (χ3n) is 11.6. The second-order valence-electron chi connectivity index (χ2n) is 15.4. The molecule has 0 bridgehead atoms. The number of pyridine rings is 2. The van der Waals surface area contributed by atoms with Gasteiger partial charge in [0.15, 0.2) is 0 Å². The van der Waals surface area contributed by atoms with Gasteiger partial charge >= 0.3 is 0 Å². The Balaban J connectivity index is 1.21. The minimum atomic E-state index is 0.108. The van der Waals surface area contributed by atoms with Crippen LogP contribution in [0.25, 0.3) is 66.2 Å². The topological polar surface area (TPSA) is 35.6 Å². The number of hydrogen-bond donors (Lipinski definition) is 0. The molecule has 4 aromatic heterocycles. The van der Waals surface area contributed by atoms with Crippen molar-refractivity contribution in [1.29, 1.82) is 0 Å². The third-order valence-corrected chi connectivity index (χ3v) is 11.6. The molecule has 0 saturated heterocycles. The Kier molecular flexibility index (Phi) is 7.49. The second-order valence-corrected chi connectivity index (χ2v) is 15.4. The first-order valence-electron chi connectivity index (χ1n) is 18.0. The second kappa shape index (κ2) is 11.7. The van der Waals surface area contributed by atoms with Gasteiger partial charge in [-0.15, -0.1) is 0 Å². The van der Waals surface area contributed by atoms with Crippen LogP contribution in [0.5, 0.6) is 0 Å². The lowest BCUT2D eigenvalue weighted by molar-refractivity contribution is 0.507. The molecule has 250 valence electrons. The quantitative estimate of drug-likeness (QED) is 0.171. The molecule has 8 aromatic rings. The molecule has 8 rings (SSSR count). The summed E-state index contributed by atoms with van der Waals surface area (Å²) in [4.78, 5) is 9.38. The average molecular weight is 655 g/mol. The van der Waals surface area contributed by atoms with Crippen molar-refractivity contribution in [3.8, 4) is 22.5 Å². The minimum Gasteiger partial charge on any atom is -0.309 e. The van der Waals surface area contributed by atoms with Crippen LogP contribution in [0.3, 0.4) is 0 Å². The maximum Gasteiger partial charge on any atom is 0.0963 e. The SMILES string of the molecule is CCC(C)(C)c1ccc2c(c1)c1cnccc1n2-c1ccc(-c2ccc(-n3c4ccc(C(C)(C)CC)cc4c4ncccc43)cc2C)c(C)c1. The third kappa shape index (κ3) is 4.95. The number of aryl methyl sites for hydroxylation is 2. The molecule has 4 heterocycles. The molecule has 4 aromatic carbocycles. The molecule has 0 N–H and O–H groups in total. The van der Waals surface area contributed by atoms with E-state index in [9.17, 15) is 0 Å². The highest BCUT2D eigenvalue weighted by molar-refractivity contribution is 6.09. The standard InChI is InChI=1S/C46H46N4/c1-9-45(5,6)31-13-19-40-37(26-31)39-28-47-23-21-42(39)49(40)33-15-17-35(29(3)24-33)36-18-16-34(25-30(36)4)50-41-20-14-32(46(7,8)10-2)27-38(41)44-43(50)12-11-22-48-44/h11-28H,9-10H2,1-8H3. The Bertz CT molecular complexity index is 2410. The molecule has 0 fully saturated rings. The number of benzene rings is 4. The highest BCUT2D eigenvalue weighted by Crippen LogP contribution is 2.39. The molecule has 0 aliphatic heterocycles. The van der Waals surface area contributed by atoms with E-state index in [4.69, 9.17) is 4.98 Å². The summed E-state index contributed by atoms with van der Waals surface area (Å²) in [6, 6.07) is 34.1. The Hall–Kier alpha value is -5.22. The van der Waals surface area contributed by atoms with Crippen LogP contribution in [0.2, 0.25) is 0 Å². The molecule has 0 aliphatic rings. The van der Waals surface area contributed by atoms with E-state index in [-0.39, 0.29) is 10.8 Å². The first-order valence-corrected chi connectivity index (χ1v) is 18.0. The van der Waals surface area contributed by atoms with E-state index < -0.39 is 0 Å². The van der Waals surface area contributed by atoms with E-state index in [1.165, 1.54) is 66.1 Å². The van der Waals surface area contributed by atoms with Gasteiger partial charge in [-0.3, -0.25) is 9.97 Å². The molecule has 4 heteroatoms. The zero-order valence-corrected chi connectivity index (χ0v) is 30.6. The van der Waals surface area contributed by atoms with Crippen LogP contribution < -0.4 is 0 Å². The fourth-order valence-corrected chi connectivity index (χ4v) is 7.69. The summed E-state index contributed by atoms with van der Waals surface area (Å²) < 4.78 is 4.77. The van der Waals surface area contributed by atoms with Gasteiger partial charge in [-0.1, -0.05) is 65.8 Å². The number of hydrogen-bond acceptors (Lipinski definition) is 2. The summed E-state index contributed by atoms with van der Waals surface area (Å²) in [7, 11) is 0. The Morgan fingerprint density at radius 2 is 1.08 bits per heavy atom. The molecular formula is C46H46N4. The molecule has 50 heavy (non-hydrogen) atoms. The lowest BCUT2D eigenvalue weighted by Crippen LogP contribution is -2.15. The van der Waals surface area contributed by atoms with Crippen LogP contribution in [-0.2, 0) is 10.8 Å². The zero-order chi connectivity index (χ0) is 34.9. The fourth-order valence-electron chi connectivity index (χ4n) is 7.69. The van der Waals surface area contributed by atoms with Crippen molar-refractivity contribution in [2.24, 2.45) is 0 Å². The number of rotatable bonds is 7. The molecule has 0 aliphatic carbocycles. The van der Waals surface area contributed by atoms with Crippen molar-refractivity contribution in [3.63, 3.8) is 0 Å². The van der Waals surface area contributed by atoms with Gasteiger partial charge in [-0.05, 0) is 138 Å². The Morgan fingerprint density at radius 1 is 0.540 bits per heavy atom.